The van der Waals surface area contributed by atoms with E-state index in [-0.39, 0.29) is 6.61 Å². The predicted octanol–water partition coefficient (Wildman–Crippen LogP) is 3.68. The number of benzene rings is 2. The van der Waals surface area contributed by atoms with E-state index >= 15 is 0 Å². The highest BCUT2D eigenvalue weighted by Crippen LogP contribution is 2.34. The van der Waals surface area contributed by atoms with Crippen molar-refractivity contribution in [1.29, 1.82) is 0 Å². The fourth-order valence-electron chi connectivity index (χ4n) is 2.98. The third-order valence-corrected chi connectivity index (χ3v) is 4.14. The molecular formula is C18H21NO2. The van der Waals surface area contributed by atoms with Crippen LogP contribution in [0.2, 0.25) is 0 Å². The van der Waals surface area contributed by atoms with Gasteiger partial charge in [-0.3, -0.25) is 0 Å². The molecule has 2 N–H and O–H groups in total. The summed E-state index contributed by atoms with van der Waals surface area (Å²) in [6.45, 7) is 0.0896. The molecule has 1 atom stereocenters. The Balaban J connectivity index is 1.81. The van der Waals surface area contributed by atoms with Gasteiger partial charge in [0.15, 0.2) is 0 Å². The number of ether oxygens (including phenoxy) is 1. The van der Waals surface area contributed by atoms with Crippen LogP contribution in [-0.2, 0) is 13.0 Å². The zero-order valence-electron chi connectivity index (χ0n) is 12.3. The maximum absolute atomic E-state index is 9.10. The van der Waals surface area contributed by atoms with Crippen LogP contribution in [0.3, 0.4) is 0 Å². The minimum atomic E-state index is 0.0896. The van der Waals surface area contributed by atoms with Crippen molar-refractivity contribution in [3.05, 3.63) is 59.2 Å². The smallest absolute Gasteiger partial charge is 0.119 e. The Labute approximate surface area is 125 Å². The van der Waals surface area contributed by atoms with Crippen molar-refractivity contribution in [3.63, 3.8) is 0 Å². The third-order valence-electron chi connectivity index (χ3n) is 4.14. The van der Waals surface area contributed by atoms with Crippen molar-refractivity contribution < 1.29 is 9.84 Å². The van der Waals surface area contributed by atoms with Crippen molar-refractivity contribution in [2.45, 2.75) is 31.9 Å². The van der Waals surface area contributed by atoms with Gasteiger partial charge in [0.2, 0.25) is 0 Å². The lowest BCUT2D eigenvalue weighted by Crippen LogP contribution is -2.17. The van der Waals surface area contributed by atoms with E-state index in [1.165, 1.54) is 17.5 Å². The molecule has 110 valence electrons. The van der Waals surface area contributed by atoms with Crippen LogP contribution in [0.25, 0.3) is 0 Å². The number of hydrogen-bond donors (Lipinski definition) is 2. The summed E-state index contributed by atoms with van der Waals surface area (Å²) in [5, 5.41) is 12.7. The Kier molecular flexibility index (Phi) is 4.11. The number of methoxy groups -OCH3 is 1. The molecule has 3 rings (SSSR count). The Morgan fingerprint density at radius 2 is 2.00 bits per heavy atom. The quantitative estimate of drug-likeness (QED) is 0.899. The molecule has 1 unspecified atom stereocenters. The van der Waals surface area contributed by atoms with Gasteiger partial charge in [0.05, 0.1) is 19.8 Å². The lowest BCUT2D eigenvalue weighted by Gasteiger charge is -2.27. The van der Waals surface area contributed by atoms with Gasteiger partial charge >= 0.3 is 0 Å². The molecule has 0 spiro atoms. The average Bonchev–Trinajstić information content (AvgIpc) is 2.55. The van der Waals surface area contributed by atoms with E-state index in [0.29, 0.717) is 6.04 Å². The topological polar surface area (TPSA) is 41.5 Å². The van der Waals surface area contributed by atoms with Crippen LogP contribution in [0.1, 0.15) is 35.6 Å². The number of nitrogens with one attached hydrogen (secondary N) is 1. The molecular weight excluding hydrogens is 262 g/mol. The first-order valence-electron chi connectivity index (χ1n) is 7.43. The van der Waals surface area contributed by atoms with Crippen LogP contribution in [-0.4, -0.2) is 12.2 Å². The van der Waals surface area contributed by atoms with Crippen molar-refractivity contribution in [1.82, 2.24) is 0 Å². The maximum Gasteiger partial charge on any atom is 0.119 e. The first-order chi connectivity index (χ1) is 10.3. The van der Waals surface area contributed by atoms with Crippen molar-refractivity contribution in [2.75, 3.05) is 12.4 Å². The molecule has 0 saturated heterocycles. The summed E-state index contributed by atoms with van der Waals surface area (Å²) in [7, 11) is 1.71. The highest BCUT2D eigenvalue weighted by atomic mass is 16.5. The number of aliphatic hydroxyl groups excluding tert-OH is 1. The van der Waals surface area contributed by atoms with Gasteiger partial charge in [-0.2, -0.15) is 0 Å². The van der Waals surface area contributed by atoms with Gasteiger partial charge in [-0.05, 0) is 60.2 Å². The molecule has 0 heterocycles. The van der Waals surface area contributed by atoms with E-state index in [4.69, 9.17) is 9.84 Å². The zero-order valence-corrected chi connectivity index (χ0v) is 12.3. The lowest BCUT2D eigenvalue weighted by molar-refractivity contribution is 0.282. The van der Waals surface area contributed by atoms with E-state index in [2.05, 4.69) is 17.4 Å². The van der Waals surface area contributed by atoms with E-state index in [1.807, 2.05) is 30.3 Å². The first kappa shape index (κ1) is 14.0. The van der Waals surface area contributed by atoms with Gasteiger partial charge in [0, 0.05) is 5.69 Å². The number of aliphatic hydroxyl groups is 1. The summed E-state index contributed by atoms with van der Waals surface area (Å²) in [5.74, 6) is 0.932. The molecule has 3 nitrogen and oxygen atoms in total. The molecule has 3 heteroatoms. The summed E-state index contributed by atoms with van der Waals surface area (Å²) in [5.41, 5.74) is 4.79. The fraction of sp³-hybridized carbons (Fsp3) is 0.333. The van der Waals surface area contributed by atoms with Crippen LogP contribution in [0.4, 0.5) is 5.69 Å². The summed E-state index contributed by atoms with van der Waals surface area (Å²) < 4.78 is 5.32. The predicted molar refractivity (Wildman–Crippen MR) is 84.7 cm³/mol. The van der Waals surface area contributed by atoms with Crippen molar-refractivity contribution >= 4 is 5.69 Å². The standard InChI is InChI=1S/C18H21NO2/c1-21-16-9-10-17-14(11-16)3-2-4-18(17)19-15-7-5-13(12-20)6-8-15/h5-11,18-20H,2-4,12H2,1H3. The number of hydrogen-bond acceptors (Lipinski definition) is 3. The van der Waals surface area contributed by atoms with E-state index in [0.717, 1.165) is 29.8 Å². The number of rotatable bonds is 4. The molecule has 21 heavy (non-hydrogen) atoms. The number of anilines is 1. The van der Waals surface area contributed by atoms with Crippen LogP contribution < -0.4 is 10.1 Å². The minimum absolute atomic E-state index is 0.0896. The molecule has 0 aromatic heterocycles. The fourth-order valence-corrected chi connectivity index (χ4v) is 2.98. The molecule has 1 aliphatic carbocycles. The normalized spacial score (nSPS) is 17.1. The van der Waals surface area contributed by atoms with Crippen LogP contribution in [0.15, 0.2) is 42.5 Å². The van der Waals surface area contributed by atoms with E-state index < -0.39 is 0 Å². The maximum atomic E-state index is 9.10. The minimum Gasteiger partial charge on any atom is -0.497 e. The van der Waals surface area contributed by atoms with E-state index in [1.54, 1.807) is 7.11 Å². The summed E-state index contributed by atoms with van der Waals surface area (Å²) in [6.07, 6.45) is 3.45. The van der Waals surface area contributed by atoms with Crippen LogP contribution in [0.5, 0.6) is 5.75 Å². The first-order valence-corrected chi connectivity index (χ1v) is 7.43. The molecule has 2 aromatic carbocycles. The molecule has 1 aliphatic rings. The summed E-state index contributed by atoms with van der Waals surface area (Å²) in [4.78, 5) is 0. The summed E-state index contributed by atoms with van der Waals surface area (Å²) >= 11 is 0. The largest absolute Gasteiger partial charge is 0.497 e. The third kappa shape index (κ3) is 3.03. The Bertz CT molecular complexity index is 607. The second-order valence-electron chi connectivity index (χ2n) is 5.51. The Morgan fingerprint density at radius 1 is 1.19 bits per heavy atom. The van der Waals surface area contributed by atoms with Crippen LogP contribution in [0, 0.1) is 0 Å². The van der Waals surface area contributed by atoms with Gasteiger partial charge in [0.1, 0.15) is 5.75 Å². The highest BCUT2D eigenvalue weighted by Gasteiger charge is 2.20. The van der Waals surface area contributed by atoms with Crippen molar-refractivity contribution in [3.8, 4) is 5.75 Å². The average molecular weight is 283 g/mol. The molecule has 0 radical (unpaired) electrons. The number of aryl methyl sites for hydroxylation is 1. The van der Waals surface area contributed by atoms with Gasteiger partial charge in [-0.1, -0.05) is 18.2 Å². The molecule has 0 fully saturated rings. The molecule has 0 aliphatic heterocycles. The highest BCUT2D eigenvalue weighted by molar-refractivity contribution is 5.49. The Morgan fingerprint density at radius 3 is 2.71 bits per heavy atom. The van der Waals surface area contributed by atoms with E-state index in [9.17, 15) is 0 Å². The molecule has 0 saturated carbocycles. The van der Waals surface area contributed by atoms with Gasteiger partial charge in [0.25, 0.3) is 0 Å². The van der Waals surface area contributed by atoms with Gasteiger partial charge in [-0.15, -0.1) is 0 Å². The molecule has 2 aromatic rings. The SMILES string of the molecule is COc1ccc2c(c1)CCCC2Nc1ccc(CO)cc1. The zero-order chi connectivity index (χ0) is 14.7. The van der Waals surface area contributed by atoms with Gasteiger partial charge in [-0.25, -0.2) is 0 Å². The molecule has 0 bridgehead atoms. The second-order valence-corrected chi connectivity index (χ2v) is 5.51. The van der Waals surface area contributed by atoms with Crippen LogP contribution >= 0.6 is 0 Å². The molecule has 0 amide bonds. The summed E-state index contributed by atoms with van der Waals surface area (Å²) in [6, 6.07) is 14.7. The van der Waals surface area contributed by atoms with Gasteiger partial charge < -0.3 is 15.2 Å². The Hall–Kier alpha value is -2.00. The lowest BCUT2D eigenvalue weighted by atomic mass is 9.87. The van der Waals surface area contributed by atoms with Crippen molar-refractivity contribution in [2.24, 2.45) is 0 Å². The second kappa shape index (κ2) is 6.19. The monoisotopic (exact) mass is 283 g/mol. The number of fused-ring (bicyclic) bond motifs is 1.